The highest BCUT2D eigenvalue weighted by Crippen LogP contribution is 2.39. The van der Waals surface area contributed by atoms with Crippen molar-refractivity contribution in [3.63, 3.8) is 0 Å². The van der Waals surface area contributed by atoms with Crippen molar-refractivity contribution in [2.45, 2.75) is 52.9 Å². The maximum absolute atomic E-state index is 13.6. The number of rotatable bonds is 8. The molecular weight excluding hydrogens is 430 g/mol. The number of benzene rings is 2. The van der Waals surface area contributed by atoms with Gasteiger partial charge in [0.25, 0.3) is 0 Å². The Bertz CT molecular complexity index is 1030. The summed E-state index contributed by atoms with van der Waals surface area (Å²) in [7, 11) is 0. The summed E-state index contributed by atoms with van der Waals surface area (Å²) in [4.78, 5) is 27.4. The van der Waals surface area contributed by atoms with Gasteiger partial charge in [-0.2, -0.15) is 0 Å². The van der Waals surface area contributed by atoms with Crippen molar-refractivity contribution < 1.29 is 14.3 Å². The molecule has 1 heterocycles. The predicted octanol–water partition coefficient (Wildman–Crippen LogP) is 7.24. The molecule has 3 aromatic rings. The van der Waals surface area contributed by atoms with Gasteiger partial charge in [0.05, 0.1) is 18.1 Å². The van der Waals surface area contributed by atoms with Crippen LogP contribution in [0.25, 0.3) is 0 Å². The minimum absolute atomic E-state index is 0.155. The Kier molecular flexibility index (Phi) is 8.09. The quantitative estimate of drug-likeness (QED) is 0.358. The van der Waals surface area contributed by atoms with Crippen LogP contribution < -0.4 is 5.32 Å². The summed E-state index contributed by atoms with van der Waals surface area (Å²) in [5.74, 6) is -0.808. The topological polar surface area (TPSA) is 55.4 Å². The van der Waals surface area contributed by atoms with Crippen molar-refractivity contribution in [1.29, 1.82) is 0 Å². The standard InChI is InChI=1S/C28H33NO3S/c1-6-32-27(31)22-17-23(19(2)18-28(3,4)5)33-26(22)29-25(30)24(20-13-9-7-10-14-20)21-15-11-8-12-16-21/h7-17,19,24H,6,18H2,1-5H3,(H,29,30). The third-order valence-corrected chi connectivity index (χ3v) is 6.70. The number of carbonyl (C=O) groups is 2. The van der Waals surface area contributed by atoms with Gasteiger partial charge in [0.1, 0.15) is 5.00 Å². The predicted molar refractivity (Wildman–Crippen MR) is 136 cm³/mol. The molecule has 0 bridgehead atoms. The molecule has 4 nitrogen and oxygen atoms in total. The Labute approximate surface area is 201 Å². The fourth-order valence-corrected chi connectivity index (χ4v) is 5.20. The number of hydrogen-bond donors (Lipinski definition) is 1. The lowest BCUT2D eigenvalue weighted by Crippen LogP contribution is -2.22. The first-order chi connectivity index (χ1) is 15.7. The summed E-state index contributed by atoms with van der Waals surface area (Å²) >= 11 is 1.47. The van der Waals surface area contributed by atoms with E-state index in [1.54, 1.807) is 6.92 Å². The summed E-state index contributed by atoms with van der Waals surface area (Å²) in [6.45, 7) is 10.8. The van der Waals surface area contributed by atoms with Crippen LogP contribution in [-0.4, -0.2) is 18.5 Å². The smallest absolute Gasteiger partial charge is 0.341 e. The molecule has 0 aliphatic rings. The lowest BCUT2D eigenvalue weighted by Gasteiger charge is -2.22. The van der Waals surface area contributed by atoms with Crippen LogP contribution >= 0.6 is 11.3 Å². The number of anilines is 1. The second-order valence-electron chi connectivity index (χ2n) is 9.52. The van der Waals surface area contributed by atoms with Gasteiger partial charge in [-0.25, -0.2) is 4.79 Å². The van der Waals surface area contributed by atoms with Gasteiger partial charge in [0.2, 0.25) is 5.91 Å². The van der Waals surface area contributed by atoms with Gasteiger partial charge >= 0.3 is 5.97 Å². The highest BCUT2D eigenvalue weighted by Gasteiger charge is 2.27. The molecule has 0 spiro atoms. The van der Waals surface area contributed by atoms with Gasteiger partial charge in [-0.05, 0) is 41.9 Å². The molecule has 0 radical (unpaired) electrons. The van der Waals surface area contributed by atoms with E-state index in [1.165, 1.54) is 11.3 Å². The highest BCUT2D eigenvalue weighted by molar-refractivity contribution is 7.16. The zero-order chi connectivity index (χ0) is 24.0. The molecule has 1 atom stereocenters. The molecule has 1 amide bonds. The van der Waals surface area contributed by atoms with Crippen molar-refractivity contribution in [3.05, 3.63) is 88.3 Å². The molecule has 2 aromatic carbocycles. The van der Waals surface area contributed by atoms with E-state index in [-0.39, 0.29) is 23.8 Å². The molecule has 0 saturated carbocycles. The Hall–Kier alpha value is -2.92. The molecule has 3 rings (SSSR count). The number of thiophene rings is 1. The molecule has 0 fully saturated rings. The summed E-state index contributed by atoms with van der Waals surface area (Å²) in [5, 5.41) is 3.61. The maximum atomic E-state index is 13.6. The lowest BCUT2D eigenvalue weighted by atomic mass is 9.85. The Morgan fingerprint density at radius 2 is 1.52 bits per heavy atom. The van der Waals surface area contributed by atoms with Gasteiger partial charge in [0.15, 0.2) is 0 Å². The normalized spacial score (nSPS) is 12.4. The third kappa shape index (κ3) is 6.55. The van der Waals surface area contributed by atoms with Crippen molar-refractivity contribution in [2.75, 3.05) is 11.9 Å². The molecule has 1 N–H and O–H groups in total. The molecule has 1 unspecified atom stereocenters. The Morgan fingerprint density at radius 3 is 2.00 bits per heavy atom. The van der Waals surface area contributed by atoms with E-state index in [4.69, 9.17) is 4.74 Å². The summed E-state index contributed by atoms with van der Waals surface area (Å²) < 4.78 is 5.29. The molecule has 1 aromatic heterocycles. The van der Waals surface area contributed by atoms with Crippen molar-refractivity contribution in [2.24, 2.45) is 5.41 Å². The molecule has 0 aliphatic heterocycles. The van der Waals surface area contributed by atoms with Crippen molar-refractivity contribution in [3.8, 4) is 0 Å². The average molecular weight is 464 g/mol. The van der Waals surface area contributed by atoms with Gasteiger partial charge in [-0.3, -0.25) is 4.79 Å². The second kappa shape index (κ2) is 10.8. The highest BCUT2D eigenvalue weighted by atomic mass is 32.1. The van der Waals surface area contributed by atoms with E-state index in [2.05, 4.69) is 33.0 Å². The Balaban J connectivity index is 1.96. The van der Waals surface area contributed by atoms with Crippen LogP contribution in [0.2, 0.25) is 0 Å². The van der Waals surface area contributed by atoms with E-state index < -0.39 is 11.9 Å². The molecule has 5 heteroatoms. The number of esters is 1. The average Bonchev–Trinajstić information content (AvgIpc) is 3.18. The van der Waals surface area contributed by atoms with Crippen LogP contribution in [0.1, 0.15) is 79.2 Å². The van der Waals surface area contributed by atoms with E-state index in [0.717, 1.165) is 22.4 Å². The molecule has 33 heavy (non-hydrogen) atoms. The van der Waals surface area contributed by atoms with Crippen molar-refractivity contribution in [1.82, 2.24) is 0 Å². The molecule has 0 aliphatic carbocycles. The van der Waals surface area contributed by atoms with Crippen LogP contribution in [0.3, 0.4) is 0 Å². The first kappa shape index (κ1) is 24.7. The first-order valence-corrected chi connectivity index (χ1v) is 12.2. The number of ether oxygens (including phenoxy) is 1. The number of amides is 1. The van der Waals surface area contributed by atoms with Crippen molar-refractivity contribution >= 4 is 28.2 Å². The maximum Gasteiger partial charge on any atom is 0.341 e. The third-order valence-electron chi connectivity index (χ3n) is 5.42. The van der Waals surface area contributed by atoms with E-state index in [0.29, 0.717) is 10.6 Å². The minimum atomic E-state index is -0.486. The van der Waals surface area contributed by atoms with Gasteiger partial charge in [-0.1, -0.05) is 88.4 Å². The molecule has 0 saturated heterocycles. The fourth-order valence-electron chi connectivity index (χ4n) is 4.10. The van der Waals surface area contributed by atoms with Crippen LogP contribution in [-0.2, 0) is 9.53 Å². The second-order valence-corrected chi connectivity index (χ2v) is 10.6. The first-order valence-electron chi connectivity index (χ1n) is 11.4. The zero-order valence-corrected chi connectivity index (χ0v) is 20.9. The summed E-state index contributed by atoms with van der Waals surface area (Å²) in [5.41, 5.74) is 2.38. The summed E-state index contributed by atoms with van der Waals surface area (Å²) in [6, 6.07) is 21.3. The van der Waals surface area contributed by atoms with Crippen LogP contribution in [0, 0.1) is 5.41 Å². The van der Waals surface area contributed by atoms with Crippen LogP contribution in [0.4, 0.5) is 5.00 Å². The van der Waals surface area contributed by atoms with Crippen LogP contribution in [0.5, 0.6) is 0 Å². The summed E-state index contributed by atoms with van der Waals surface area (Å²) in [6.07, 6.45) is 0.972. The van der Waals surface area contributed by atoms with Crippen LogP contribution in [0.15, 0.2) is 66.7 Å². The number of hydrogen-bond acceptors (Lipinski definition) is 4. The Morgan fingerprint density at radius 1 is 0.970 bits per heavy atom. The lowest BCUT2D eigenvalue weighted by molar-refractivity contribution is -0.116. The SMILES string of the molecule is CCOC(=O)c1cc(C(C)CC(C)(C)C)sc1NC(=O)C(c1ccccc1)c1ccccc1. The van der Waals surface area contributed by atoms with Gasteiger partial charge in [-0.15, -0.1) is 11.3 Å². The minimum Gasteiger partial charge on any atom is -0.462 e. The number of nitrogens with one attached hydrogen (secondary N) is 1. The van der Waals surface area contributed by atoms with E-state index in [1.807, 2.05) is 66.7 Å². The van der Waals surface area contributed by atoms with E-state index >= 15 is 0 Å². The monoisotopic (exact) mass is 463 g/mol. The fraction of sp³-hybridized carbons (Fsp3) is 0.357. The number of carbonyl (C=O) groups excluding carboxylic acids is 2. The zero-order valence-electron chi connectivity index (χ0n) is 20.1. The molecular formula is C28H33NO3S. The van der Waals surface area contributed by atoms with Gasteiger partial charge in [0, 0.05) is 4.88 Å². The largest absolute Gasteiger partial charge is 0.462 e. The van der Waals surface area contributed by atoms with E-state index in [9.17, 15) is 9.59 Å². The van der Waals surface area contributed by atoms with Gasteiger partial charge < -0.3 is 10.1 Å². The molecule has 174 valence electrons.